The fourth-order valence-electron chi connectivity index (χ4n) is 3.87. The van der Waals surface area contributed by atoms with Gasteiger partial charge in [-0.1, -0.05) is 18.2 Å². The molecule has 1 aromatic heterocycles. The van der Waals surface area contributed by atoms with Crippen molar-refractivity contribution in [2.75, 3.05) is 18.0 Å². The highest BCUT2D eigenvalue weighted by Gasteiger charge is 2.26. The van der Waals surface area contributed by atoms with E-state index < -0.39 is 23.5 Å². The molecule has 1 fully saturated rings. The Hall–Kier alpha value is -3.27. The van der Waals surface area contributed by atoms with Gasteiger partial charge in [0.2, 0.25) is 5.95 Å². The van der Waals surface area contributed by atoms with E-state index in [4.69, 9.17) is 15.9 Å². The zero-order valence-corrected chi connectivity index (χ0v) is 18.3. The maximum Gasteiger partial charge on any atom is 0.414 e. The first-order valence-corrected chi connectivity index (χ1v) is 10.5. The zero-order chi connectivity index (χ0) is 23.3. The van der Waals surface area contributed by atoms with Gasteiger partial charge in [0.15, 0.2) is 5.96 Å². The third-order valence-corrected chi connectivity index (χ3v) is 5.31. The van der Waals surface area contributed by atoms with Gasteiger partial charge in [-0.2, -0.15) is 0 Å². The Balaban J connectivity index is 1.64. The first-order valence-electron chi connectivity index (χ1n) is 10.5. The van der Waals surface area contributed by atoms with E-state index in [0.29, 0.717) is 23.0 Å². The summed E-state index contributed by atoms with van der Waals surface area (Å²) in [5, 5.41) is 19.0. The smallest absolute Gasteiger partial charge is 0.414 e. The van der Waals surface area contributed by atoms with Gasteiger partial charge in [-0.05, 0) is 39.0 Å². The summed E-state index contributed by atoms with van der Waals surface area (Å²) in [6.07, 6.45) is 4.93. The van der Waals surface area contributed by atoms with Crippen molar-refractivity contribution in [3.05, 3.63) is 42.0 Å². The summed E-state index contributed by atoms with van der Waals surface area (Å²) in [4.78, 5) is 22.4. The second-order valence-corrected chi connectivity index (χ2v) is 8.61. The third-order valence-electron chi connectivity index (χ3n) is 5.31. The highest BCUT2D eigenvalue weighted by atomic mass is 19.1. The first-order chi connectivity index (χ1) is 15.1. The van der Waals surface area contributed by atoms with E-state index in [0.717, 1.165) is 32.4 Å². The largest absolute Gasteiger partial charge is 0.444 e. The number of nitrogens with zero attached hydrogens (tertiary/aromatic N) is 3. The van der Waals surface area contributed by atoms with Crippen LogP contribution in [0.4, 0.5) is 15.1 Å². The van der Waals surface area contributed by atoms with E-state index >= 15 is 0 Å². The number of benzene rings is 1. The topological polar surface area (TPSA) is 137 Å². The van der Waals surface area contributed by atoms with Gasteiger partial charge in [0, 0.05) is 42.2 Å². The Labute approximate surface area is 186 Å². The highest BCUT2D eigenvalue weighted by Crippen LogP contribution is 2.29. The van der Waals surface area contributed by atoms with Crippen molar-refractivity contribution in [3.63, 3.8) is 0 Å². The molecule has 1 aromatic carbocycles. The molecule has 0 aliphatic carbocycles. The lowest BCUT2D eigenvalue weighted by molar-refractivity contribution is 0.0482. The first kappa shape index (κ1) is 23.4. The summed E-state index contributed by atoms with van der Waals surface area (Å²) in [7, 11) is 0. The monoisotopic (exact) mass is 444 g/mol. The normalized spacial score (nSPS) is 14.8. The molecular weight excluding hydrogens is 415 g/mol. The molecule has 10 heteroatoms. The van der Waals surface area contributed by atoms with Crippen molar-refractivity contribution >= 4 is 18.0 Å². The number of rotatable bonds is 6. The Morgan fingerprint density at radius 1 is 1.34 bits per heavy atom. The molecule has 32 heavy (non-hydrogen) atoms. The van der Waals surface area contributed by atoms with Gasteiger partial charge < -0.3 is 20.5 Å². The summed E-state index contributed by atoms with van der Waals surface area (Å²) >= 11 is 0. The number of alkyl carbamates (subject to hydrolysis) is 1. The van der Waals surface area contributed by atoms with Crippen LogP contribution in [0.1, 0.15) is 38.7 Å². The number of halogens is 1. The molecular formula is C22H29FN6O3. The zero-order valence-electron chi connectivity index (χ0n) is 18.3. The Morgan fingerprint density at radius 3 is 2.59 bits per heavy atom. The van der Waals surface area contributed by atoms with Crippen molar-refractivity contribution in [1.82, 2.24) is 15.3 Å². The molecule has 2 heterocycles. The van der Waals surface area contributed by atoms with Crippen molar-refractivity contribution in [1.29, 1.82) is 5.41 Å². The predicted molar refractivity (Wildman–Crippen MR) is 119 cm³/mol. The van der Waals surface area contributed by atoms with Crippen LogP contribution >= 0.6 is 0 Å². The molecule has 0 bridgehead atoms. The number of aliphatic hydroxyl groups is 1. The summed E-state index contributed by atoms with van der Waals surface area (Å²) in [5.41, 5.74) is 5.39. The van der Waals surface area contributed by atoms with E-state index in [1.165, 1.54) is 6.07 Å². The standard InChI is InChI=1S/C22H29FN6O3/c1-22(2,31)10-14-6-8-29(9-7-14)20-26-11-16(12-27-20)17-5-3-4-15(18(17)23)13-32-21(30)28-19(24)25/h3-5,11-12,14,31H,6-10,13H2,1-2H3,(H4,24,25,28,30). The average molecular weight is 445 g/mol. The van der Waals surface area contributed by atoms with Crippen LogP contribution in [0.2, 0.25) is 0 Å². The lowest BCUT2D eigenvalue weighted by Gasteiger charge is -2.34. The Bertz CT molecular complexity index is 953. The molecule has 1 aliphatic heterocycles. The van der Waals surface area contributed by atoms with Crippen LogP contribution < -0.4 is 16.0 Å². The number of hydrogen-bond donors (Lipinski definition) is 4. The molecule has 9 nitrogen and oxygen atoms in total. The third kappa shape index (κ3) is 6.36. The van der Waals surface area contributed by atoms with Crippen LogP contribution in [-0.2, 0) is 11.3 Å². The van der Waals surface area contributed by atoms with Crippen LogP contribution in [0.3, 0.4) is 0 Å². The minimum atomic E-state index is -0.929. The minimum Gasteiger partial charge on any atom is -0.444 e. The van der Waals surface area contributed by atoms with Gasteiger partial charge in [0.1, 0.15) is 12.4 Å². The molecule has 0 atom stereocenters. The fraction of sp³-hybridized carbons (Fsp3) is 0.455. The van der Waals surface area contributed by atoms with Crippen molar-refractivity contribution in [3.8, 4) is 11.1 Å². The molecule has 172 valence electrons. The van der Waals surface area contributed by atoms with Crippen LogP contribution in [0.25, 0.3) is 11.1 Å². The van der Waals surface area contributed by atoms with Gasteiger partial charge in [-0.15, -0.1) is 0 Å². The summed E-state index contributed by atoms with van der Waals surface area (Å²) in [5.74, 6) is -0.0202. The summed E-state index contributed by atoms with van der Waals surface area (Å²) in [6.45, 7) is 4.98. The predicted octanol–water partition coefficient (Wildman–Crippen LogP) is 2.78. The maximum absolute atomic E-state index is 14.9. The minimum absolute atomic E-state index is 0.180. The van der Waals surface area contributed by atoms with Crippen LogP contribution in [-0.4, -0.2) is 45.8 Å². The van der Waals surface area contributed by atoms with Crippen LogP contribution in [0, 0.1) is 17.1 Å². The number of guanidine groups is 1. The van der Waals surface area contributed by atoms with E-state index in [1.807, 2.05) is 19.2 Å². The van der Waals surface area contributed by atoms with E-state index in [1.54, 1.807) is 24.5 Å². The molecule has 1 saturated heterocycles. The Kier molecular flexibility index (Phi) is 7.24. The molecule has 2 aromatic rings. The second kappa shape index (κ2) is 9.90. The number of carbonyl (C=O) groups is 1. The number of hydrogen-bond acceptors (Lipinski definition) is 7. The van der Waals surface area contributed by atoms with E-state index in [9.17, 15) is 14.3 Å². The van der Waals surface area contributed by atoms with Gasteiger partial charge in [-0.25, -0.2) is 19.2 Å². The maximum atomic E-state index is 14.9. The average Bonchev–Trinajstić information content (AvgIpc) is 2.72. The number of nitrogens with two attached hydrogens (primary N) is 1. The van der Waals surface area contributed by atoms with E-state index in [2.05, 4.69) is 14.9 Å². The summed E-state index contributed by atoms with van der Waals surface area (Å²) in [6, 6.07) is 4.77. The van der Waals surface area contributed by atoms with Crippen LogP contribution in [0.5, 0.6) is 0 Å². The summed E-state index contributed by atoms with van der Waals surface area (Å²) < 4.78 is 19.8. The SMILES string of the molecule is CC(C)(O)CC1CCN(c2ncc(-c3cccc(COC(=O)NC(=N)N)c3F)cn2)CC1. The molecule has 0 unspecified atom stereocenters. The van der Waals surface area contributed by atoms with Gasteiger partial charge in [0.25, 0.3) is 0 Å². The molecule has 1 aliphatic rings. The molecule has 5 N–H and O–H groups in total. The van der Waals surface area contributed by atoms with Crippen molar-refractivity contribution < 1.29 is 19.0 Å². The second-order valence-electron chi connectivity index (χ2n) is 8.61. The number of piperidine rings is 1. The molecule has 3 rings (SSSR count). The highest BCUT2D eigenvalue weighted by molar-refractivity contribution is 5.90. The number of ether oxygens (including phenoxy) is 1. The molecule has 0 spiro atoms. The number of nitrogens with one attached hydrogen (secondary N) is 2. The molecule has 0 saturated carbocycles. The van der Waals surface area contributed by atoms with Crippen LogP contribution in [0.15, 0.2) is 30.6 Å². The fourth-order valence-corrected chi connectivity index (χ4v) is 3.87. The quantitative estimate of drug-likeness (QED) is 0.397. The number of amides is 1. The lowest BCUT2D eigenvalue weighted by atomic mass is 9.86. The van der Waals surface area contributed by atoms with Gasteiger partial charge in [-0.3, -0.25) is 10.7 Å². The lowest BCUT2D eigenvalue weighted by Crippen LogP contribution is -2.37. The molecule has 1 amide bonds. The number of carbonyl (C=O) groups excluding carboxylic acids is 1. The van der Waals surface area contributed by atoms with E-state index in [-0.39, 0.29) is 12.2 Å². The number of anilines is 1. The van der Waals surface area contributed by atoms with Gasteiger partial charge in [0.05, 0.1) is 5.60 Å². The van der Waals surface area contributed by atoms with Gasteiger partial charge >= 0.3 is 6.09 Å². The number of aromatic nitrogens is 2. The molecule has 0 radical (unpaired) electrons. The van der Waals surface area contributed by atoms with Crippen molar-refractivity contribution in [2.24, 2.45) is 11.7 Å². The van der Waals surface area contributed by atoms with Crippen molar-refractivity contribution in [2.45, 2.75) is 45.3 Å². The Morgan fingerprint density at radius 2 is 2.00 bits per heavy atom.